The molecule has 1 saturated heterocycles. The first kappa shape index (κ1) is 16.8. The van der Waals surface area contributed by atoms with Gasteiger partial charge in [-0.3, -0.25) is 4.79 Å². The molecule has 0 atom stereocenters. The summed E-state index contributed by atoms with van der Waals surface area (Å²) in [4.78, 5) is 14.3. The van der Waals surface area contributed by atoms with Crippen LogP contribution in [0.3, 0.4) is 0 Å². The Kier molecular flexibility index (Phi) is 5.47. The number of likely N-dealkylation sites (N-methyl/N-ethyl adjacent to an activating group) is 1. The highest BCUT2D eigenvalue weighted by molar-refractivity contribution is 5.85. The van der Waals surface area contributed by atoms with Crippen molar-refractivity contribution >= 4 is 5.91 Å². The Morgan fingerprint density at radius 2 is 1.91 bits per heavy atom. The summed E-state index contributed by atoms with van der Waals surface area (Å²) in [5, 5.41) is 3.18. The number of carbonyl (C=O) groups is 1. The molecule has 1 aromatic carbocycles. The zero-order valence-electron chi connectivity index (χ0n) is 13.0. The lowest BCUT2D eigenvalue weighted by Gasteiger charge is -2.38. The molecule has 1 aliphatic heterocycles. The van der Waals surface area contributed by atoms with Crippen LogP contribution in [0.4, 0.5) is 8.78 Å². The molecule has 4 nitrogen and oxygen atoms in total. The van der Waals surface area contributed by atoms with E-state index in [1.807, 2.05) is 0 Å². The number of amides is 1. The van der Waals surface area contributed by atoms with Gasteiger partial charge in [-0.15, -0.1) is 0 Å². The maximum Gasteiger partial charge on any atom is 0.255 e. The quantitative estimate of drug-likeness (QED) is 0.905. The van der Waals surface area contributed by atoms with E-state index in [-0.39, 0.29) is 18.0 Å². The second-order valence-corrected chi connectivity index (χ2v) is 5.47. The molecule has 0 spiro atoms. The summed E-state index contributed by atoms with van der Waals surface area (Å²) in [5.41, 5.74) is -0.985. The lowest BCUT2D eigenvalue weighted by Crippen LogP contribution is -2.55. The Morgan fingerprint density at radius 3 is 2.41 bits per heavy atom. The third-order valence-corrected chi connectivity index (χ3v) is 4.27. The normalized spacial score (nSPS) is 17.3. The van der Waals surface area contributed by atoms with Crippen molar-refractivity contribution < 1.29 is 18.3 Å². The molecular formula is C16H22F2N2O2. The van der Waals surface area contributed by atoms with Crippen LogP contribution in [0.5, 0.6) is 0 Å². The number of benzene rings is 1. The first-order chi connectivity index (χ1) is 10.5. The molecule has 22 heavy (non-hydrogen) atoms. The predicted octanol–water partition coefficient (Wildman–Crippen LogP) is 2.08. The van der Waals surface area contributed by atoms with Crippen LogP contribution < -0.4 is 5.32 Å². The minimum Gasteiger partial charge on any atom is -0.368 e. The molecule has 1 N–H and O–H groups in total. The fraction of sp³-hybridized carbons (Fsp3) is 0.562. The lowest BCUT2D eigenvalue weighted by molar-refractivity contribution is -0.158. The van der Waals surface area contributed by atoms with Gasteiger partial charge in [0.25, 0.3) is 5.91 Å². The van der Waals surface area contributed by atoms with Gasteiger partial charge in [0.1, 0.15) is 17.2 Å². The van der Waals surface area contributed by atoms with Crippen molar-refractivity contribution in [3.63, 3.8) is 0 Å². The standard InChI is InChI=1S/C16H22F2N2O2/c1-3-20(11-12-13(17)5-4-6-14(12)18)15(21)16(22-2)7-9-19-10-8-16/h4-6,19H,3,7-11H2,1-2H3. The summed E-state index contributed by atoms with van der Waals surface area (Å²) in [7, 11) is 1.51. The molecule has 122 valence electrons. The molecule has 1 heterocycles. The predicted molar refractivity (Wildman–Crippen MR) is 79.3 cm³/mol. The minimum absolute atomic E-state index is 0.0853. The third kappa shape index (κ3) is 3.28. The average Bonchev–Trinajstić information content (AvgIpc) is 2.55. The fourth-order valence-electron chi connectivity index (χ4n) is 2.83. The van der Waals surface area contributed by atoms with Crippen molar-refractivity contribution in [1.82, 2.24) is 10.2 Å². The van der Waals surface area contributed by atoms with Gasteiger partial charge in [-0.1, -0.05) is 6.07 Å². The van der Waals surface area contributed by atoms with Gasteiger partial charge >= 0.3 is 0 Å². The number of carbonyl (C=O) groups excluding carboxylic acids is 1. The first-order valence-electron chi connectivity index (χ1n) is 7.52. The smallest absolute Gasteiger partial charge is 0.255 e. The Balaban J connectivity index is 2.22. The molecule has 1 aliphatic rings. The maximum absolute atomic E-state index is 13.8. The van der Waals surface area contributed by atoms with E-state index in [0.29, 0.717) is 32.5 Å². The number of hydrogen-bond acceptors (Lipinski definition) is 3. The van der Waals surface area contributed by atoms with Gasteiger partial charge in [0, 0.05) is 19.2 Å². The van der Waals surface area contributed by atoms with E-state index < -0.39 is 17.2 Å². The number of piperidine rings is 1. The number of rotatable bonds is 5. The van der Waals surface area contributed by atoms with E-state index in [9.17, 15) is 13.6 Å². The average molecular weight is 312 g/mol. The summed E-state index contributed by atoms with van der Waals surface area (Å²) in [6.07, 6.45) is 1.11. The zero-order valence-corrected chi connectivity index (χ0v) is 13.0. The molecule has 0 aliphatic carbocycles. The summed E-state index contributed by atoms with van der Waals surface area (Å²) in [6.45, 7) is 3.44. The van der Waals surface area contributed by atoms with Gasteiger partial charge in [-0.2, -0.15) is 0 Å². The monoisotopic (exact) mass is 312 g/mol. The van der Waals surface area contributed by atoms with Crippen LogP contribution in [0.15, 0.2) is 18.2 Å². The Hall–Kier alpha value is -1.53. The third-order valence-electron chi connectivity index (χ3n) is 4.27. The van der Waals surface area contributed by atoms with Crippen LogP contribution in [0.1, 0.15) is 25.3 Å². The molecule has 0 saturated carbocycles. The van der Waals surface area contributed by atoms with Gasteiger partial charge in [-0.05, 0) is 45.0 Å². The second-order valence-electron chi connectivity index (χ2n) is 5.47. The van der Waals surface area contributed by atoms with Gasteiger partial charge in [0.05, 0.1) is 6.54 Å². The molecule has 1 amide bonds. The number of nitrogens with zero attached hydrogens (tertiary/aromatic N) is 1. The lowest BCUT2D eigenvalue weighted by atomic mass is 9.90. The van der Waals surface area contributed by atoms with E-state index in [2.05, 4.69) is 5.32 Å². The molecule has 0 radical (unpaired) electrons. The Labute approximate surface area is 129 Å². The van der Waals surface area contributed by atoms with Gasteiger partial charge < -0.3 is 15.0 Å². The summed E-state index contributed by atoms with van der Waals surface area (Å²) >= 11 is 0. The van der Waals surface area contributed by atoms with E-state index in [1.165, 1.54) is 30.2 Å². The summed E-state index contributed by atoms with van der Waals surface area (Å²) < 4.78 is 33.1. The van der Waals surface area contributed by atoms with Gasteiger partial charge in [0.2, 0.25) is 0 Å². The molecule has 2 rings (SSSR count). The number of halogens is 2. The summed E-state index contributed by atoms with van der Waals surface area (Å²) in [6, 6.07) is 3.72. The second kappa shape index (κ2) is 7.15. The van der Waals surface area contributed by atoms with E-state index in [4.69, 9.17) is 4.74 Å². The molecule has 6 heteroatoms. The highest BCUT2D eigenvalue weighted by atomic mass is 19.1. The Morgan fingerprint density at radius 1 is 1.32 bits per heavy atom. The van der Waals surface area contributed by atoms with Crippen molar-refractivity contribution in [3.05, 3.63) is 35.4 Å². The van der Waals surface area contributed by atoms with Crippen LogP contribution >= 0.6 is 0 Å². The van der Waals surface area contributed by atoms with Crippen LogP contribution in [0, 0.1) is 11.6 Å². The SMILES string of the molecule is CCN(Cc1c(F)cccc1F)C(=O)C1(OC)CCNCC1. The topological polar surface area (TPSA) is 41.6 Å². The van der Waals surface area contributed by atoms with Gasteiger partial charge in [-0.25, -0.2) is 8.78 Å². The molecule has 1 aromatic rings. The van der Waals surface area contributed by atoms with E-state index in [1.54, 1.807) is 6.92 Å². The van der Waals surface area contributed by atoms with Crippen molar-refractivity contribution in [3.8, 4) is 0 Å². The highest BCUT2D eigenvalue weighted by Gasteiger charge is 2.42. The number of methoxy groups -OCH3 is 1. The molecular weight excluding hydrogens is 290 g/mol. The van der Waals surface area contributed by atoms with E-state index >= 15 is 0 Å². The Bertz CT molecular complexity index is 511. The molecule has 1 fully saturated rings. The number of nitrogens with one attached hydrogen (secondary N) is 1. The number of ether oxygens (including phenoxy) is 1. The molecule has 0 unspecified atom stereocenters. The van der Waals surface area contributed by atoms with Crippen LogP contribution in [-0.2, 0) is 16.1 Å². The fourth-order valence-corrected chi connectivity index (χ4v) is 2.83. The molecule has 0 bridgehead atoms. The van der Waals surface area contributed by atoms with Crippen molar-refractivity contribution in [1.29, 1.82) is 0 Å². The minimum atomic E-state index is -0.900. The molecule has 0 aromatic heterocycles. The van der Waals surface area contributed by atoms with Crippen molar-refractivity contribution in [2.75, 3.05) is 26.7 Å². The summed E-state index contributed by atoms with van der Waals surface area (Å²) in [5.74, 6) is -1.48. The van der Waals surface area contributed by atoms with Crippen molar-refractivity contribution in [2.45, 2.75) is 31.9 Å². The highest BCUT2D eigenvalue weighted by Crippen LogP contribution is 2.26. The van der Waals surface area contributed by atoms with Crippen LogP contribution in [-0.4, -0.2) is 43.2 Å². The van der Waals surface area contributed by atoms with Crippen LogP contribution in [0.25, 0.3) is 0 Å². The first-order valence-corrected chi connectivity index (χ1v) is 7.52. The van der Waals surface area contributed by atoms with E-state index in [0.717, 1.165) is 0 Å². The van der Waals surface area contributed by atoms with Gasteiger partial charge in [0.15, 0.2) is 0 Å². The zero-order chi connectivity index (χ0) is 16.2. The largest absolute Gasteiger partial charge is 0.368 e. The van der Waals surface area contributed by atoms with Crippen LogP contribution in [0.2, 0.25) is 0 Å². The number of hydrogen-bond donors (Lipinski definition) is 1. The van der Waals surface area contributed by atoms with Crippen molar-refractivity contribution in [2.24, 2.45) is 0 Å². The maximum atomic E-state index is 13.8.